The van der Waals surface area contributed by atoms with Crippen LogP contribution in [0.4, 0.5) is 0 Å². The van der Waals surface area contributed by atoms with Crippen molar-refractivity contribution in [2.45, 2.75) is 13.3 Å². The van der Waals surface area contributed by atoms with Crippen LogP contribution in [0.25, 0.3) is 0 Å². The number of nitrogens with two attached hydrogens (primary N) is 1. The van der Waals surface area contributed by atoms with Crippen molar-refractivity contribution in [2.75, 3.05) is 0 Å². The Morgan fingerprint density at radius 3 is 2.43 bits per heavy atom. The van der Waals surface area contributed by atoms with Crippen molar-refractivity contribution in [1.82, 2.24) is 0 Å². The molecule has 0 spiro atoms. The minimum Gasteiger partial charge on any atom is -0.388 e. The maximum atomic E-state index is 6.76. The number of hydrogen-bond donors (Lipinski definition) is 2. The maximum absolute atomic E-state index is 6.76. The average molecular weight is 99.2 g/mol. The average Bonchev–Trinajstić information content (AvgIpc) is 1.27. The lowest BCUT2D eigenvalue weighted by Gasteiger charge is -1.98. The molecule has 0 fully saturated rings. The molecule has 0 aliphatic rings. The van der Waals surface area contributed by atoms with E-state index in [1.807, 2.05) is 6.92 Å². The molecule has 0 bridgehead atoms. The first kappa shape index (κ1) is 6.47. The summed E-state index contributed by atoms with van der Waals surface area (Å²) in [5.74, 6) is 0.500. The third-order valence-corrected chi connectivity index (χ3v) is 0.568. The highest BCUT2D eigenvalue weighted by Gasteiger charge is 1.92. The van der Waals surface area contributed by atoms with Gasteiger partial charge < -0.3 is 5.73 Å². The van der Waals surface area contributed by atoms with E-state index in [2.05, 4.69) is 6.92 Å². The topological polar surface area (TPSA) is 49.9 Å². The summed E-state index contributed by atoms with van der Waals surface area (Å²) < 4.78 is 0. The highest BCUT2D eigenvalue weighted by Crippen LogP contribution is 1.94. The van der Waals surface area contributed by atoms with Crippen LogP contribution < -0.4 is 5.73 Å². The second kappa shape index (κ2) is 2.61. The molecule has 0 aliphatic carbocycles. The summed E-state index contributed by atoms with van der Waals surface area (Å²) >= 11 is 0. The van der Waals surface area contributed by atoms with Crippen molar-refractivity contribution in [1.29, 1.82) is 5.41 Å². The van der Waals surface area contributed by atoms with Crippen LogP contribution in [-0.4, -0.2) is 5.84 Å². The van der Waals surface area contributed by atoms with E-state index in [4.69, 9.17) is 11.1 Å². The molecule has 0 saturated carbocycles. The maximum Gasteiger partial charge on any atom is 0.0907 e. The van der Waals surface area contributed by atoms with Crippen molar-refractivity contribution < 1.29 is 0 Å². The fourth-order valence-corrected chi connectivity index (χ4v) is 0.375. The van der Waals surface area contributed by atoms with E-state index < -0.39 is 0 Å². The fraction of sp³-hybridized carbons (Fsp3) is 0.600. The molecule has 0 rings (SSSR count). The van der Waals surface area contributed by atoms with Gasteiger partial charge in [0.15, 0.2) is 0 Å². The molecule has 0 heterocycles. The first-order valence-electron chi connectivity index (χ1n) is 2.29. The fourth-order valence-electron chi connectivity index (χ4n) is 0.375. The molecule has 41 valence electrons. The monoisotopic (exact) mass is 99.1 g/mol. The molecule has 0 saturated heterocycles. The van der Waals surface area contributed by atoms with Crippen LogP contribution in [0.2, 0.25) is 0 Å². The Kier molecular flexibility index (Phi) is 2.41. The molecular weight excluding hydrogens is 88.1 g/mol. The van der Waals surface area contributed by atoms with Gasteiger partial charge in [-0.3, -0.25) is 5.41 Å². The lowest BCUT2D eigenvalue weighted by atomic mass is 10.1. The SMILES string of the molecule is [CH2]C(C)CC(=N)N. The summed E-state index contributed by atoms with van der Waals surface area (Å²) in [6.45, 7) is 5.59. The van der Waals surface area contributed by atoms with E-state index in [1.54, 1.807) is 0 Å². The van der Waals surface area contributed by atoms with E-state index in [-0.39, 0.29) is 11.8 Å². The number of rotatable bonds is 2. The predicted octanol–water partition coefficient (Wildman–Crippen LogP) is 0.783. The molecule has 0 amide bonds. The molecule has 1 unspecified atom stereocenters. The molecule has 2 heteroatoms. The molecule has 2 nitrogen and oxygen atoms in total. The van der Waals surface area contributed by atoms with Gasteiger partial charge in [-0.2, -0.15) is 0 Å². The Morgan fingerprint density at radius 1 is 2.00 bits per heavy atom. The van der Waals surface area contributed by atoms with Crippen LogP contribution in [0.5, 0.6) is 0 Å². The molecule has 3 N–H and O–H groups in total. The first-order chi connectivity index (χ1) is 3.13. The summed E-state index contributed by atoms with van der Waals surface area (Å²) in [5.41, 5.74) is 5.04. The third-order valence-electron chi connectivity index (χ3n) is 0.568. The second-order valence-corrected chi connectivity index (χ2v) is 1.83. The van der Waals surface area contributed by atoms with Gasteiger partial charge in [0, 0.05) is 6.42 Å². The van der Waals surface area contributed by atoms with E-state index in [1.165, 1.54) is 0 Å². The Bertz CT molecular complexity index is 66.5. The third kappa shape index (κ3) is 5.47. The van der Waals surface area contributed by atoms with Gasteiger partial charge in [0.1, 0.15) is 0 Å². The van der Waals surface area contributed by atoms with Crippen LogP contribution in [0.15, 0.2) is 0 Å². The summed E-state index contributed by atoms with van der Waals surface area (Å²) in [6.07, 6.45) is 0.611. The van der Waals surface area contributed by atoms with Gasteiger partial charge in [0.05, 0.1) is 5.84 Å². The molecule has 0 aliphatic heterocycles. The van der Waals surface area contributed by atoms with Crippen molar-refractivity contribution in [3.05, 3.63) is 6.92 Å². The largest absolute Gasteiger partial charge is 0.388 e. The van der Waals surface area contributed by atoms with E-state index in [9.17, 15) is 0 Å². The zero-order valence-corrected chi connectivity index (χ0v) is 4.57. The van der Waals surface area contributed by atoms with Crippen LogP contribution in [-0.2, 0) is 0 Å². The van der Waals surface area contributed by atoms with Crippen LogP contribution in [0.3, 0.4) is 0 Å². The van der Waals surface area contributed by atoms with Crippen LogP contribution >= 0.6 is 0 Å². The molecule has 0 aromatic carbocycles. The van der Waals surface area contributed by atoms with Crippen molar-refractivity contribution >= 4 is 5.84 Å². The molecule has 1 atom stereocenters. The normalized spacial score (nSPS) is 9.57. The van der Waals surface area contributed by atoms with E-state index >= 15 is 0 Å². The molecule has 0 aromatic rings. The predicted molar refractivity (Wildman–Crippen MR) is 31.1 cm³/mol. The van der Waals surface area contributed by atoms with Crippen molar-refractivity contribution in [2.24, 2.45) is 11.7 Å². The van der Waals surface area contributed by atoms with Gasteiger partial charge in [-0.15, -0.1) is 0 Å². The minimum atomic E-state index is 0.225. The second-order valence-electron chi connectivity index (χ2n) is 1.83. The van der Waals surface area contributed by atoms with Crippen LogP contribution in [0, 0.1) is 18.3 Å². The number of amidine groups is 1. The minimum absolute atomic E-state index is 0.225. The van der Waals surface area contributed by atoms with Gasteiger partial charge in [-0.25, -0.2) is 0 Å². The van der Waals surface area contributed by atoms with Gasteiger partial charge in [0.2, 0.25) is 0 Å². The lowest BCUT2D eigenvalue weighted by Crippen LogP contribution is -2.11. The molecule has 1 radical (unpaired) electrons. The molecule has 7 heavy (non-hydrogen) atoms. The van der Waals surface area contributed by atoms with Gasteiger partial charge in [-0.05, 0) is 5.92 Å². The Labute approximate surface area is 44.2 Å². The summed E-state index contributed by atoms with van der Waals surface area (Å²) in [6, 6.07) is 0. The smallest absolute Gasteiger partial charge is 0.0907 e. The van der Waals surface area contributed by atoms with Crippen molar-refractivity contribution in [3.8, 4) is 0 Å². The standard InChI is InChI=1S/C5H11N2/c1-4(2)3-5(6)7/h4H,1,3H2,2H3,(H3,6,7). The Hall–Kier alpha value is -0.530. The number of nitrogens with one attached hydrogen (secondary N) is 1. The Balaban J connectivity index is 3.13. The quantitative estimate of drug-likeness (QED) is 0.390. The highest BCUT2D eigenvalue weighted by atomic mass is 14.7. The summed E-state index contributed by atoms with van der Waals surface area (Å²) in [7, 11) is 0. The van der Waals surface area contributed by atoms with E-state index in [0.29, 0.717) is 6.42 Å². The van der Waals surface area contributed by atoms with Gasteiger partial charge in [-0.1, -0.05) is 13.8 Å². The summed E-state index contributed by atoms with van der Waals surface area (Å²) in [4.78, 5) is 0. The highest BCUT2D eigenvalue weighted by molar-refractivity contribution is 5.77. The summed E-state index contributed by atoms with van der Waals surface area (Å²) in [5, 5.41) is 6.76. The lowest BCUT2D eigenvalue weighted by molar-refractivity contribution is 0.757. The van der Waals surface area contributed by atoms with Gasteiger partial charge in [0.25, 0.3) is 0 Å². The molecule has 0 aromatic heterocycles. The molecular formula is C5H11N2. The van der Waals surface area contributed by atoms with Crippen LogP contribution in [0.1, 0.15) is 13.3 Å². The zero-order valence-electron chi connectivity index (χ0n) is 4.57. The number of hydrogen-bond acceptors (Lipinski definition) is 1. The Morgan fingerprint density at radius 2 is 2.43 bits per heavy atom. The van der Waals surface area contributed by atoms with E-state index in [0.717, 1.165) is 0 Å². The van der Waals surface area contributed by atoms with Gasteiger partial charge >= 0.3 is 0 Å². The van der Waals surface area contributed by atoms with Crippen molar-refractivity contribution in [3.63, 3.8) is 0 Å². The first-order valence-corrected chi connectivity index (χ1v) is 2.29. The zero-order chi connectivity index (χ0) is 5.86.